The summed E-state index contributed by atoms with van der Waals surface area (Å²) in [6, 6.07) is 1.94. The Morgan fingerprint density at radius 1 is 1.23 bits per heavy atom. The summed E-state index contributed by atoms with van der Waals surface area (Å²) in [4.78, 5) is 33.4. The molecule has 1 saturated heterocycles. The number of morpholine rings is 1. The predicted molar refractivity (Wildman–Crippen MR) is 115 cm³/mol. The number of aromatic nitrogens is 4. The molecule has 0 unspecified atom stereocenters. The summed E-state index contributed by atoms with van der Waals surface area (Å²) < 4.78 is 5.43. The molecule has 2 fully saturated rings. The average molecular weight is 420 g/mol. The molecule has 1 aliphatic carbocycles. The van der Waals surface area contributed by atoms with Crippen molar-refractivity contribution in [2.24, 2.45) is 5.92 Å². The number of nitrogens with zero attached hydrogens (tertiary/aromatic N) is 5. The molecule has 9 heteroatoms. The highest BCUT2D eigenvalue weighted by atomic mass is 32.1. The zero-order valence-electron chi connectivity index (χ0n) is 16.5. The summed E-state index contributed by atoms with van der Waals surface area (Å²) in [5, 5.41) is 3.34. The Labute approximate surface area is 177 Å². The van der Waals surface area contributed by atoms with Crippen molar-refractivity contribution in [3.05, 3.63) is 35.4 Å². The summed E-state index contributed by atoms with van der Waals surface area (Å²) >= 11 is 1.29. The Morgan fingerprint density at radius 3 is 2.87 bits per heavy atom. The number of pyridine rings is 1. The lowest BCUT2D eigenvalue weighted by Crippen LogP contribution is -2.37. The Balaban J connectivity index is 1.38. The molecular weight excluding hydrogens is 400 g/mol. The lowest BCUT2D eigenvalue weighted by molar-refractivity contribution is 0.102. The topological polar surface area (TPSA) is 93.1 Å². The van der Waals surface area contributed by atoms with E-state index in [1.165, 1.54) is 24.2 Å². The van der Waals surface area contributed by atoms with Crippen molar-refractivity contribution >= 4 is 38.5 Å². The van der Waals surface area contributed by atoms with Gasteiger partial charge in [-0.05, 0) is 31.8 Å². The van der Waals surface area contributed by atoms with Crippen molar-refractivity contribution in [2.75, 3.05) is 36.5 Å². The molecule has 0 radical (unpaired) electrons. The molecule has 3 aromatic heterocycles. The van der Waals surface area contributed by atoms with E-state index in [9.17, 15) is 4.79 Å². The number of ether oxygens (including phenoxy) is 1. The molecule has 0 spiro atoms. The standard InChI is InChI=1S/C21H20N6O2S/c1-13-10-17(27-6-8-29-9-7-27)16(12-22-13)19(28)26-21-25-18-20(30-21)24-15(11-23-18)5-4-14-2-3-14/h10-12,14H,2-3,6-9H2,1H3,(H,23,25,26,28). The summed E-state index contributed by atoms with van der Waals surface area (Å²) in [7, 11) is 0. The maximum Gasteiger partial charge on any atom is 0.261 e. The molecule has 1 amide bonds. The van der Waals surface area contributed by atoms with Gasteiger partial charge in [0, 0.05) is 30.9 Å². The number of thiazole rings is 1. The molecule has 0 atom stereocenters. The van der Waals surface area contributed by atoms with Crippen LogP contribution in [0.3, 0.4) is 0 Å². The van der Waals surface area contributed by atoms with E-state index in [2.05, 4.69) is 42.0 Å². The first-order valence-corrected chi connectivity index (χ1v) is 10.7. The van der Waals surface area contributed by atoms with E-state index in [0.717, 1.165) is 24.5 Å². The van der Waals surface area contributed by atoms with Crippen molar-refractivity contribution in [1.82, 2.24) is 19.9 Å². The molecule has 8 nitrogen and oxygen atoms in total. The number of carbonyl (C=O) groups is 1. The molecule has 1 saturated carbocycles. The zero-order valence-corrected chi connectivity index (χ0v) is 17.3. The Kier molecular flexibility index (Phi) is 5.02. The van der Waals surface area contributed by atoms with Crippen LogP contribution in [-0.4, -0.2) is 52.1 Å². The summed E-state index contributed by atoms with van der Waals surface area (Å²) in [6.45, 7) is 4.68. The minimum Gasteiger partial charge on any atom is -0.378 e. The highest BCUT2D eigenvalue weighted by molar-refractivity contribution is 7.21. The molecule has 0 aromatic carbocycles. The molecular formula is C21H20N6O2S. The number of nitrogens with one attached hydrogen (secondary N) is 1. The van der Waals surface area contributed by atoms with Gasteiger partial charge >= 0.3 is 0 Å². The number of anilines is 2. The largest absolute Gasteiger partial charge is 0.378 e. The molecule has 1 aliphatic heterocycles. The fraction of sp³-hybridized carbons (Fsp3) is 0.381. The van der Waals surface area contributed by atoms with Crippen LogP contribution in [0, 0.1) is 24.7 Å². The van der Waals surface area contributed by atoms with E-state index in [-0.39, 0.29) is 5.91 Å². The minimum atomic E-state index is -0.253. The maximum absolute atomic E-state index is 13.0. The number of hydrogen-bond donors (Lipinski definition) is 1. The summed E-state index contributed by atoms with van der Waals surface area (Å²) in [5.74, 6) is 6.50. The van der Waals surface area contributed by atoms with Crippen LogP contribution in [0.2, 0.25) is 0 Å². The summed E-state index contributed by atoms with van der Waals surface area (Å²) in [6.07, 6.45) is 5.58. The first-order chi connectivity index (χ1) is 14.7. The van der Waals surface area contributed by atoms with E-state index < -0.39 is 0 Å². The van der Waals surface area contributed by atoms with Gasteiger partial charge in [-0.15, -0.1) is 0 Å². The fourth-order valence-corrected chi connectivity index (χ4v) is 3.98. The lowest BCUT2D eigenvalue weighted by Gasteiger charge is -2.30. The second kappa shape index (κ2) is 7.97. The van der Waals surface area contributed by atoms with Crippen molar-refractivity contribution in [2.45, 2.75) is 19.8 Å². The van der Waals surface area contributed by atoms with Crippen LogP contribution in [0.15, 0.2) is 18.5 Å². The van der Waals surface area contributed by atoms with Gasteiger partial charge in [0.25, 0.3) is 5.91 Å². The lowest BCUT2D eigenvalue weighted by atomic mass is 10.1. The predicted octanol–water partition coefficient (Wildman–Crippen LogP) is 2.64. The highest BCUT2D eigenvalue weighted by Gasteiger charge is 2.21. The van der Waals surface area contributed by atoms with Crippen LogP contribution in [0.25, 0.3) is 10.5 Å². The van der Waals surface area contributed by atoms with Crippen LogP contribution < -0.4 is 10.2 Å². The Bertz CT molecular complexity index is 1170. The van der Waals surface area contributed by atoms with Crippen molar-refractivity contribution in [3.63, 3.8) is 0 Å². The van der Waals surface area contributed by atoms with Crippen molar-refractivity contribution < 1.29 is 9.53 Å². The van der Waals surface area contributed by atoms with Crippen molar-refractivity contribution in [3.8, 4) is 11.8 Å². The van der Waals surface area contributed by atoms with E-state index >= 15 is 0 Å². The van der Waals surface area contributed by atoms with Crippen molar-refractivity contribution in [1.29, 1.82) is 0 Å². The van der Waals surface area contributed by atoms with Crippen LogP contribution in [0.1, 0.15) is 34.6 Å². The van der Waals surface area contributed by atoms with Gasteiger partial charge in [0.15, 0.2) is 15.6 Å². The number of amides is 1. The van der Waals surface area contributed by atoms with Gasteiger partial charge in [-0.25, -0.2) is 9.97 Å². The SMILES string of the molecule is Cc1cc(N2CCOCC2)c(C(=O)Nc2nc3ncc(C#CC4CC4)nc3s2)cn1. The first kappa shape index (κ1) is 18.9. The van der Waals surface area contributed by atoms with E-state index in [1.54, 1.807) is 12.4 Å². The van der Waals surface area contributed by atoms with Gasteiger partial charge in [0.05, 0.1) is 30.7 Å². The van der Waals surface area contributed by atoms with Gasteiger partial charge in [0.1, 0.15) is 5.69 Å². The molecule has 152 valence electrons. The van der Waals surface area contributed by atoms with Gasteiger partial charge in [0.2, 0.25) is 0 Å². The third kappa shape index (κ3) is 4.10. The molecule has 5 rings (SSSR count). The maximum atomic E-state index is 13.0. The van der Waals surface area contributed by atoms with Gasteiger partial charge in [-0.2, -0.15) is 4.98 Å². The molecule has 2 aliphatic rings. The molecule has 0 bridgehead atoms. The number of rotatable bonds is 3. The van der Waals surface area contributed by atoms with Gasteiger partial charge in [-0.1, -0.05) is 17.3 Å². The quantitative estimate of drug-likeness (QED) is 0.651. The molecule has 3 aromatic rings. The van der Waals surface area contributed by atoms with Crippen LogP contribution in [0.5, 0.6) is 0 Å². The molecule has 30 heavy (non-hydrogen) atoms. The average Bonchev–Trinajstić information content (AvgIpc) is 3.51. The number of fused-ring (bicyclic) bond motifs is 1. The third-order valence-corrected chi connectivity index (χ3v) is 5.79. The van der Waals surface area contributed by atoms with E-state index in [4.69, 9.17) is 4.74 Å². The smallest absolute Gasteiger partial charge is 0.261 e. The normalized spacial score (nSPS) is 16.2. The monoisotopic (exact) mass is 420 g/mol. The van der Waals surface area contributed by atoms with Gasteiger partial charge in [-0.3, -0.25) is 15.1 Å². The second-order valence-corrected chi connectivity index (χ2v) is 8.32. The second-order valence-electron chi connectivity index (χ2n) is 7.34. The van der Waals surface area contributed by atoms with E-state index in [0.29, 0.717) is 46.0 Å². The van der Waals surface area contributed by atoms with Crippen LogP contribution in [-0.2, 0) is 4.74 Å². The number of hydrogen-bond acceptors (Lipinski definition) is 8. The fourth-order valence-electron chi connectivity index (χ4n) is 3.19. The van der Waals surface area contributed by atoms with Crippen LogP contribution in [0.4, 0.5) is 10.8 Å². The molecule has 1 N–H and O–H groups in total. The van der Waals surface area contributed by atoms with E-state index in [1.807, 2.05) is 13.0 Å². The third-order valence-electron chi connectivity index (χ3n) is 4.94. The number of aryl methyl sites for hydroxylation is 1. The Hall–Kier alpha value is -3.09. The van der Waals surface area contributed by atoms with Crippen LogP contribution >= 0.6 is 11.3 Å². The highest BCUT2D eigenvalue weighted by Crippen LogP contribution is 2.28. The molecule has 4 heterocycles. The summed E-state index contributed by atoms with van der Waals surface area (Å²) in [5.41, 5.74) is 3.37. The zero-order chi connectivity index (χ0) is 20.5. The Morgan fingerprint density at radius 2 is 2.07 bits per heavy atom. The number of carbonyl (C=O) groups excluding carboxylic acids is 1. The van der Waals surface area contributed by atoms with Gasteiger partial charge < -0.3 is 9.64 Å². The minimum absolute atomic E-state index is 0.253. The first-order valence-electron chi connectivity index (χ1n) is 9.91.